The van der Waals surface area contributed by atoms with E-state index in [1.807, 2.05) is 0 Å². The first-order valence-electron chi connectivity index (χ1n) is 6.39. The minimum Gasteiger partial charge on any atom is -0.388 e. The minimum absolute atomic E-state index is 0.0293. The number of nitrogens with one attached hydrogen (secondary N) is 2. The smallest absolute Gasteiger partial charge is 0.241 e. The number of halogens is 3. The van der Waals surface area contributed by atoms with Gasteiger partial charge in [0.05, 0.1) is 23.2 Å². The summed E-state index contributed by atoms with van der Waals surface area (Å²) in [5.74, 6) is -1.65. The number of anilines is 1. The second kappa shape index (κ2) is 7.20. The van der Waals surface area contributed by atoms with Crippen molar-refractivity contribution in [1.29, 1.82) is 0 Å². The number of benzene rings is 2. The SMILES string of the molecule is O=C(CC(O)c1cccc(F)c1)NNc1ccc(Cl)c(F)c1. The highest BCUT2D eigenvalue weighted by atomic mass is 35.5. The molecule has 0 aliphatic heterocycles. The Hall–Kier alpha value is -2.18. The van der Waals surface area contributed by atoms with Crippen molar-refractivity contribution in [3.8, 4) is 0 Å². The monoisotopic (exact) mass is 326 g/mol. The zero-order chi connectivity index (χ0) is 16.1. The Morgan fingerprint density at radius 1 is 1.23 bits per heavy atom. The number of hydrogen-bond acceptors (Lipinski definition) is 3. The maximum absolute atomic E-state index is 13.2. The topological polar surface area (TPSA) is 61.4 Å². The largest absolute Gasteiger partial charge is 0.388 e. The molecular weight excluding hydrogens is 314 g/mol. The van der Waals surface area contributed by atoms with Crippen molar-refractivity contribution >= 4 is 23.2 Å². The molecule has 0 aliphatic carbocycles. The van der Waals surface area contributed by atoms with E-state index in [9.17, 15) is 18.7 Å². The third-order valence-corrected chi connectivity index (χ3v) is 3.18. The molecule has 0 saturated heterocycles. The maximum atomic E-state index is 13.2. The summed E-state index contributed by atoms with van der Waals surface area (Å²) >= 11 is 5.54. The zero-order valence-corrected chi connectivity index (χ0v) is 12.1. The fourth-order valence-electron chi connectivity index (χ4n) is 1.77. The van der Waals surface area contributed by atoms with Crippen LogP contribution in [0.2, 0.25) is 5.02 Å². The first-order valence-corrected chi connectivity index (χ1v) is 6.77. The Balaban J connectivity index is 1.88. The second-order valence-corrected chi connectivity index (χ2v) is 4.98. The van der Waals surface area contributed by atoms with Crippen molar-refractivity contribution in [3.05, 3.63) is 64.7 Å². The van der Waals surface area contributed by atoms with Crippen LogP contribution in [0.15, 0.2) is 42.5 Å². The van der Waals surface area contributed by atoms with Crippen LogP contribution in [0.1, 0.15) is 18.1 Å². The number of aliphatic hydroxyl groups excluding tert-OH is 1. The van der Waals surface area contributed by atoms with Gasteiger partial charge in [-0.15, -0.1) is 0 Å². The van der Waals surface area contributed by atoms with Crippen LogP contribution in [0, 0.1) is 11.6 Å². The quantitative estimate of drug-likeness (QED) is 0.740. The highest BCUT2D eigenvalue weighted by Crippen LogP contribution is 2.19. The van der Waals surface area contributed by atoms with E-state index in [2.05, 4.69) is 10.9 Å². The van der Waals surface area contributed by atoms with E-state index in [0.29, 0.717) is 11.3 Å². The van der Waals surface area contributed by atoms with Gasteiger partial charge >= 0.3 is 0 Å². The van der Waals surface area contributed by atoms with E-state index in [1.54, 1.807) is 0 Å². The van der Waals surface area contributed by atoms with Crippen molar-refractivity contribution in [2.24, 2.45) is 0 Å². The molecule has 3 N–H and O–H groups in total. The molecule has 0 aliphatic rings. The summed E-state index contributed by atoms with van der Waals surface area (Å²) < 4.78 is 26.2. The number of carbonyl (C=O) groups is 1. The van der Waals surface area contributed by atoms with Crippen molar-refractivity contribution < 1.29 is 18.7 Å². The number of carbonyl (C=O) groups excluding carboxylic acids is 1. The molecule has 1 unspecified atom stereocenters. The van der Waals surface area contributed by atoms with Crippen LogP contribution in [0.5, 0.6) is 0 Å². The molecule has 0 bridgehead atoms. The molecule has 0 heterocycles. The summed E-state index contributed by atoms with van der Waals surface area (Å²) in [7, 11) is 0. The first kappa shape index (κ1) is 16.2. The van der Waals surface area contributed by atoms with Crippen molar-refractivity contribution in [1.82, 2.24) is 5.43 Å². The maximum Gasteiger partial charge on any atom is 0.241 e. The summed E-state index contributed by atoms with van der Waals surface area (Å²) in [6.45, 7) is 0. The highest BCUT2D eigenvalue weighted by molar-refractivity contribution is 6.30. The standard InChI is InChI=1S/C15H13ClF2N2O2/c16-12-5-4-11(7-13(12)18)19-20-15(22)8-14(21)9-2-1-3-10(17)6-9/h1-7,14,19,21H,8H2,(H,20,22). The van der Waals surface area contributed by atoms with Gasteiger partial charge in [-0.25, -0.2) is 8.78 Å². The van der Waals surface area contributed by atoms with Gasteiger partial charge < -0.3 is 5.11 Å². The number of amides is 1. The molecule has 2 rings (SSSR count). The summed E-state index contributed by atoms with van der Waals surface area (Å²) in [4.78, 5) is 11.7. The molecule has 2 aromatic rings. The summed E-state index contributed by atoms with van der Waals surface area (Å²) in [5, 5.41) is 9.83. The molecule has 22 heavy (non-hydrogen) atoms. The molecule has 0 saturated carbocycles. The van der Waals surface area contributed by atoms with Gasteiger partial charge in [-0.2, -0.15) is 0 Å². The normalized spacial score (nSPS) is 11.8. The van der Waals surface area contributed by atoms with E-state index in [1.165, 1.54) is 30.3 Å². The molecule has 1 atom stereocenters. The van der Waals surface area contributed by atoms with Crippen LogP contribution in [0.3, 0.4) is 0 Å². The average molecular weight is 327 g/mol. The van der Waals surface area contributed by atoms with Crippen LogP contribution in [0.4, 0.5) is 14.5 Å². The van der Waals surface area contributed by atoms with E-state index < -0.39 is 23.6 Å². The average Bonchev–Trinajstić information content (AvgIpc) is 2.48. The lowest BCUT2D eigenvalue weighted by molar-refractivity contribution is -0.122. The fraction of sp³-hybridized carbons (Fsp3) is 0.133. The molecule has 7 heteroatoms. The number of rotatable bonds is 5. The minimum atomic E-state index is -1.14. The predicted octanol–water partition coefficient (Wildman–Crippen LogP) is 3.19. The van der Waals surface area contributed by atoms with E-state index >= 15 is 0 Å². The zero-order valence-electron chi connectivity index (χ0n) is 11.3. The lowest BCUT2D eigenvalue weighted by Gasteiger charge is -2.13. The molecule has 116 valence electrons. The van der Waals surface area contributed by atoms with Gasteiger partial charge in [-0.1, -0.05) is 23.7 Å². The molecule has 4 nitrogen and oxygen atoms in total. The lowest BCUT2D eigenvalue weighted by Crippen LogP contribution is -2.30. The van der Waals surface area contributed by atoms with Crippen molar-refractivity contribution in [3.63, 3.8) is 0 Å². The Morgan fingerprint density at radius 2 is 2.00 bits per heavy atom. The Labute approximate surface area is 130 Å². The predicted molar refractivity (Wildman–Crippen MR) is 79.2 cm³/mol. The van der Waals surface area contributed by atoms with Gasteiger partial charge in [0, 0.05) is 6.07 Å². The van der Waals surface area contributed by atoms with Gasteiger partial charge in [0.2, 0.25) is 5.91 Å². The van der Waals surface area contributed by atoms with Crippen molar-refractivity contribution in [2.75, 3.05) is 5.43 Å². The summed E-state index contributed by atoms with van der Waals surface area (Å²) in [6.07, 6.45) is -1.41. The van der Waals surface area contributed by atoms with E-state index in [4.69, 9.17) is 11.6 Å². The van der Waals surface area contributed by atoms with Gasteiger partial charge in [0.25, 0.3) is 0 Å². The first-order chi connectivity index (χ1) is 10.5. The molecular formula is C15H13ClF2N2O2. The molecule has 0 fully saturated rings. The van der Waals surface area contributed by atoms with Gasteiger partial charge in [-0.3, -0.25) is 15.6 Å². The number of hydrazine groups is 1. The van der Waals surface area contributed by atoms with Crippen LogP contribution < -0.4 is 10.9 Å². The molecule has 0 spiro atoms. The molecule has 0 aromatic heterocycles. The highest BCUT2D eigenvalue weighted by Gasteiger charge is 2.13. The summed E-state index contributed by atoms with van der Waals surface area (Å²) in [5.41, 5.74) is 5.41. The lowest BCUT2D eigenvalue weighted by atomic mass is 10.1. The van der Waals surface area contributed by atoms with Gasteiger partial charge in [0.1, 0.15) is 11.6 Å². The Bertz CT molecular complexity index is 682. The third-order valence-electron chi connectivity index (χ3n) is 2.88. The van der Waals surface area contributed by atoms with E-state index in [-0.39, 0.29) is 11.4 Å². The second-order valence-electron chi connectivity index (χ2n) is 4.58. The van der Waals surface area contributed by atoms with Crippen LogP contribution >= 0.6 is 11.6 Å². The number of aliphatic hydroxyl groups is 1. The molecule has 1 amide bonds. The molecule has 0 radical (unpaired) electrons. The Morgan fingerprint density at radius 3 is 2.68 bits per heavy atom. The van der Waals surface area contributed by atoms with Gasteiger partial charge in [-0.05, 0) is 29.8 Å². The third kappa shape index (κ3) is 4.41. The van der Waals surface area contributed by atoms with Gasteiger partial charge in [0.15, 0.2) is 0 Å². The van der Waals surface area contributed by atoms with Crippen LogP contribution in [-0.2, 0) is 4.79 Å². The number of hydrogen-bond donors (Lipinski definition) is 3. The van der Waals surface area contributed by atoms with Crippen molar-refractivity contribution in [2.45, 2.75) is 12.5 Å². The summed E-state index contributed by atoms with van der Waals surface area (Å²) in [6, 6.07) is 9.30. The van der Waals surface area contributed by atoms with E-state index in [0.717, 1.165) is 12.1 Å². The van der Waals surface area contributed by atoms with Crippen LogP contribution in [-0.4, -0.2) is 11.0 Å². The fourth-order valence-corrected chi connectivity index (χ4v) is 1.89. The Kier molecular flexibility index (Phi) is 5.30. The molecule has 2 aromatic carbocycles. The van der Waals surface area contributed by atoms with Crippen LogP contribution in [0.25, 0.3) is 0 Å².